The molecule has 0 atom stereocenters. The maximum atomic E-state index is 10.7. The number of hydrogen-bond donors (Lipinski definition) is 2. The Hall–Kier alpha value is -1.55. The second-order valence-electron chi connectivity index (χ2n) is 3.06. The van der Waals surface area contributed by atoms with Crippen molar-refractivity contribution in [3.05, 3.63) is 28.6 Å². The first kappa shape index (κ1) is 9.02. The van der Waals surface area contributed by atoms with Crippen molar-refractivity contribution in [2.45, 2.75) is 6.92 Å². The molecule has 0 spiro atoms. The first-order valence-corrected chi connectivity index (χ1v) is 4.86. The van der Waals surface area contributed by atoms with E-state index < -0.39 is 5.97 Å². The van der Waals surface area contributed by atoms with Crippen LogP contribution in [0, 0.1) is 6.92 Å². The zero-order valence-electron chi connectivity index (χ0n) is 7.44. The van der Waals surface area contributed by atoms with Gasteiger partial charge in [0.25, 0.3) is 0 Å². The second-order valence-corrected chi connectivity index (χ2v) is 4.14. The van der Waals surface area contributed by atoms with Crippen LogP contribution < -0.4 is 0 Å². The molecule has 3 nitrogen and oxygen atoms in total. The lowest BCUT2D eigenvalue weighted by molar-refractivity contribution is 0.0702. The van der Waals surface area contributed by atoms with Gasteiger partial charge in [-0.3, -0.25) is 0 Å². The first-order chi connectivity index (χ1) is 6.59. The summed E-state index contributed by atoms with van der Waals surface area (Å²) in [6, 6.07) is 5.10. The number of hydrogen-bond acceptors (Lipinski definition) is 3. The fourth-order valence-electron chi connectivity index (χ4n) is 1.31. The Bertz CT molecular complexity index is 513. The average Bonchev–Trinajstić information content (AvgIpc) is 2.56. The van der Waals surface area contributed by atoms with Crippen LogP contribution in [0.3, 0.4) is 0 Å². The number of carboxylic acid groups (broad SMARTS) is 1. The van der Waals surface area contributed by atoms with Crippen molar-refractivity contribution < 1.29 is 15.0 Å². The minimum atomic E-state index is -0.955. The van der Waals surface area contributed by atoms with E-state index in [1.54, 1.807) is 13.0 Å². The van der Waals surface area contributed by atoms with E-state index in [0.29, 0.717) is 5.39 Å². The molecule has 0 fully saturated rings. The van der Waals surface area contributed by atoms with Crippen LogP contribution in [-0.2, 0) is 0 Å². The summed E-state index contributed by atoms with van der Waals surface area (Å²) in [5, 5.41) is 19.1. The van der Waals surface area contributed by atoms with Gasteiger partial charge in [0.2, 0.25) is 0 Å². The SMILES string of the molecule is Cc1ccc2sc(C(=O)O)cc2c1O. The molecule has 14 heavy (non-hydrogen) atoms. The van der Waals surface area contributed by atoms with Gasteiger partial charge in [0, 0.05) is 10.1 Å². The highest BCUT2D eigenvalue weighted by Crippen LogP contribution is 2.34. The lowest BCUT2D eigenvalue weighted by Crippen LogP contribution is -1.89. The van der Waals surface area contributed by atoms with Crippen molar-refractivity contribution in [3.8, 4) is 5.75 Å². The van der Waals surface area contributed by atoms with Gasteiger partial charge in [-0.1, -0.05) is 6.07 Å². The van der Waals surface area contributed by atoms with Crippen LogP contribution in [0.2, 0.25) is 0 Å². The normalized spacial score (nSPS) is 10.6. The fraction of sp³-hybridized carbons (Fsp3) is 0.100. The predicted octanol–water partition coefficient (Wildman–Crippen LogP) is 2.61. The van der Waals surface area contributed by atoms with E-state index in [9.17, 15) is 9.90 Å². The van der Waals surface area contributed by atoms with Gasteiger partial charge in [0.1, 0.15) is 10.6 Å². The smallest absolute Gasteiger partial charge is 0.345 e. The Labute approximate surface area is 84.2 Å². The molecule has 1 aromatic carbocycles. The van der Waals surface area contributed by atoms with Crippen LogP contribution in [0.4, 0.5) is 0 Å². The molecule has 1 heterocycles. The highest BCUT2D eigenvalue weighted by atomic mass is 32.1. The number of rotatable bonds is 1. The number of fused-ring (bicyclic) bond motifs is 1. The van der Waals surface area contributed by atoms with E-state index in [0.717, 1.165) is 10.3 Å². The molecule has 1 aromatic heterocycles. The number of benzene rings is 1. The van der Waals surface area contributed by atoms with E-state index in [2.05, 4.69) is 0 Å². The minimum absolute atomic E-state index is 0.172. The van der Waals surface area contributed by atoms with Crippen LogP contribution >= 0.6 is 11.3 Å². The largest absolute Gasteiger partial charge is 0.507 e. The highest BCUT2D eigenvalue weighted by Gasteiger charge is 2.11. The number of aromatic hydroxyl groups is 1. The molecule has 0 saturated carbocycles. The zero-order chi connectivity index (χ0) is 10.3. The number of aromatic carboxylic acids is 1. The topological polar surface area (TPSA) is 57.5 Å². The molecule has 0 saturated heterocycles. The van der Waals surface area contributed by atoms with Crippen LogP contribution in [0.15, 0.2) is 18.2 Å². The average molecular weight is 208 g/mol. The molecule has 2 N–H and O–H groups in total. The summed E-state index contributed by atoms with van der Waals surface area (Å²) in [6.07, 6.45) is 0. The van der Waals surface area contributed by atoms with Crippen molar-refractivity contribution in [3.63, 3.8) is 0 Å². The third-order valence-corrected chi connectivity index (χ3v) is 3.17. The number of aryl methyl sites for hydroxylation is 1. The number of thiophene rings is 1. The third-order valence-electron chi connectivity index (χ3n) is 2.08. The van der Waals surface area contributed by atoms with Crippen molar-refractivity contribution >= 4 is 27.4 Å². The van der Waals surface area contributed by atoms with Gasteiger partial charge in [0.15, 0.2) is 0 Å². The maximum absolute atomic E-state index is 10.7. The Balaban J connectivity index is 2.77. The fourth-order valence-corrected chi connectivity index (χ4v) is 2.21. The number of phenols is 1. The lowest BCUT2D eigenvalue weighted by atomic mass is 10.1. The predicted molar refractivity (Wildman–Crippen MR) is 55.2 cm³/mol. The van der Waals surface area contributed by atoms with E-state index in [4.69, 9.17) is 5.11 Å². The van der Waals surface area contributed by atoms with E-state index in [-0.39, 0.29) is 10.6 Å². The summed E-state index contributed by atoms with van der Waals surface area (Å²) in [5.41, 5.74) is 0.757. The maximum Gasteiger partial charge on any atom is 0.345 e. The third kappa shape index (κ3) is 1.24. The molecule has 4 heteroatoms. The Morgan fingerprint density at radius 2 is 2.14 bits per heavy atom. The summed E-state index contributed by atoms with van der Waals surface area (Å²) < 4.78 is 0.797. The van der Waals surface area contributed by atoms with Crippen molar-refractivity contribution in [2.24, 2.45) is 0 Å². The van der Waals surface area contributed by atoms with Gasteiger partial charge in [-0.2, -0.15) is 0 Å². The van der Waals surface area contributed by atoms with Crippen molar-refractivity contribution in [1.82, 2.24) is 0 Å². The lowest BCUT2D eigenvalue weighted by Gasteiger charge is -1.97. The Morgan fingerprint density at radius 1 is 1.43 bits per heavy atom. The van der Waals surface area contributed by atoms with Gasteiger partial charge < -0.3 is 10.2 Å². The van der Waals surface area contributed by atoms with Crippen molar-refractivity contribution in [2.75, 3.05) is 0 Å². The van der Waals surface area contributed by atoms with Crippen LogP contribution in [0.1, 0.15) is 15.2 Å². The van der Waals surface area contributed by atoms with Gasteiger partial charge in [-0.25, -0.2) is 4.79 Å². The van der Waals surface area contributed by atoms with Crippen LogP contribution in [0.5, 0.6) is 5.75 Å². The molecule has 2 aromatic rings. The summed E-state index contributed by atoms with van der Waals surface area (Å²) in [4.78, 5) is 10.9. The Kier molecular flexibility index (Phi) is 1.93. The molecule has 0 aliphatic carbocycles. The number of carbonyl (C=O) groups is 1. The van der Waals surface area contributed by atoms with Gasteiger partial charge in [0.05, 0.1) is 0 Å². The molecule has 72 valence electrons. The van der Waals surface area contributed by atoms with E-state index in [1.165, 1.54) is 17.4 Å². The van der Waals surface area contributed by atoms with Gasteiger partial charge in [-0.05, 0) is 24.6 Å². The number of carboxylic acids is 1. The first-order valence-electron chi connectivity index (χ1n) is 4.05. The van der Waals surface area contributed by atoms with Crippen LogP contribution in [-0.4, -0.2) is 16.2 Å². The van der Waals surface area contributed by atoms with Gasteiger partial charge in [-0.15, -0.1) is 11.3 Å². The summed E-state index contributed by atoms with van der Waals surface area (Å²) in [7, 11) is 0. The molecular weight excluding hydrogens is 200 g/mol. The molecule has 2 rings (SSSR count). The summed E-state index contributed by atoms with van der Waals surface area (Å²) in [6.45, 7) is 1.78. The molecule has 0 aliphatic rings. The molecule has 0 aliphatic heterocycles. The van der Waals surface area contributed by atoms with E-state index >= 15 is 0 Å². The van der Waals surface area contributed by atoms with Crippen LogP contribution in [0.25, 0.3) is 10.1 Å². The molecule has 0 radical (unpaired) electrons. The molecule has 0 bridgehead atoms. The molecule has 0 amide bonds. The summed E-state index contributed by atoms with van der Waals surface area (Å²) >= 11 is 1.17. The molecular formula is C10H8O3S. The van der Waals surface area contributed by atoms with E-state index in [1.807, 2.05) is 6.07 Å². The van der Waals surface area contributed by atoms with Gasteiger partial charge >= 0.3 is 5.97 Å². The highest BCUT2D eigenvalue weighted by molar-refractivity contribution is 7.20. The monoisotopic (exact) mass is 208 g/mol. The molecule has 0 unspecified atom stereocenters. The quantitative estimate of drug-likeness (QED) is 0.757. The Morgan fingerprint density at radius 3 is 2.79 bits per heavy atom. The zero-order valence-corrected chi connectivity index (χ0v) is 8.26. The minimum Gasteiger partial charge on any atom is -0.507 e. The van der Waals surface area contributed by atoms with Crippen molar-refractivity contribution in [1.29, 1.82) is 0 Å². The second kappa shape index (κ2) is 2.99. The standard InChI is InChI=1S/C10H8O3S/c1-5-2-3-7-6(9(5)11)4-8(14-7)10(12)13/h2-4,11H,1H3,(H,12,13). The number of phenolic OH excluding ortho intramolecular Hbond substituents is 1. The summed E-state index contributed by atoms with van der Waals surface area (Å²) in [5.74, 6) is -0.783.